The van der Waals surface area contributed by atoms with Crippen molar-refractivity contribution in [3.8, 4) is 0 Å². The van der Waals surface area contributed by atoms with Crippen LogP contribution in [0.1, 0.15) is 11.3 Å². The minimum atomic E-state index is -0.718. The van der Waals surface area contributed by atoms with Gasteiger partial charge in [-0.15, -0.1) is 0 Å². The first kappa shape index (κ1) is 9.57. The van der Waals surface area contributed by atoms with Crippen molar-refractivity contribution < 1.29 is 4.39 Å². The lowest BCUT2D eigenvalue weighted by Crippen LogP contribution is -2.03. The number of aromatic amines is 1. The summed E-state index contributed by atoms with van der Waals surface area (Å²) in [5, 5.41) is 9.47. The Bertz CT molecular complexity index is 420. The van der Waals surface area contributed by atoms with Gasteiger partial charge in [0.15, 0.2) is 0 Å². The van der Waals surface area contributed by atoms with E-state index < -0.39 is 6.08 Å². The molecule has 15 heavy (non-hydrogen) atoms. The molecule has 0 amide bonds. The number of hydrogen-bond donors (Lipinski definition) is 2. The first-order valence-electron chi connectivity index (χ1n) is 4.47. The highest BCUT2D eigenvalue weighted by Gasteiger charge is 2.01. The van der Waals surface area contributed by atoms with Crippen LogP contribution in [-0.2, 0) is 6.54 Å². The maximum atomic E-state index is 12.8. The lowest BCUT2D eigenvalue weighted by Gasteiger charge is -2.03. The minimum Gasteiger partial charge on any atom is -0.366 e. The zero-order valence-electron chi connectivity index (χ0n) is 8.16. The number of nitrogens with zero attached hydrogens (tertiary/aromatic N) is 3. The molecule has 0 fully saturated rings. The highest BCUT2D eigenvalue weighted by Crippen LogP contribution is 2.07. The number of rotatable bonds is 3. The predicted octanol–water partition coefficient (Wildman–Crippen LogP) is 1.26. The van der Waals surface area contributed by atoms with E-state index in [4.69, 9.17) is 0 Å². The van der Waals surface area contributed by atoms with Crippen LogP contribution < -0.4 is 5.32 Å². The Morgan fingerprint density at radius 1 is 1.47 bits per heavy atom. The van der Waals surface area contributed by atoms with Gasteiger partial charge in [-0.3, -0.25) is 5.10 Å². The quantitative estimate of drug-likeness (QED) is 0.743. The molecule has 0 saturated heterocycles. The first-order valence-corrected chi connectivity index (χ1v) is 4.47. The number of aromatic nitrogens is 4. The number of halogens is 1. The number of H-pyrrole nitrogens is 1. The molecule has 0 unspecified atom stereocenters. The van der Waals surface area contributed by atoms with Gasteiger partial charge in [-0.05, 0) is 6.92 Å². The van der Waals surface area contributed by atoms with Crippen LogP contribution in [0.2, 0.25) is 0 Å². The molecule has 0 saturated carbocycles. The molecule has 2 heterocycles. The van der Waals surface area contributed by atoms with Crippen LogP contribution in [-0.4, -0.2) is 20.2 Å². The van der Waals surface area contributed by atoms with Gasteiger partial charge in [-0.25, -0.2) is 4.98 Å². The molecule has 0 aromatic carbocycles. The Kier molecular flexibility index (Phi) is 2.57. The summed E-state index contributed by atoms with van der Waals surface area (Å²) in [6.45, 7) is 2.26. The number of hydrogen-bond acceptors (Lipinski definition) is 4. The molecule has 0 aliphatic carbocycles. The molecule has 0 spiro atoms. The fourth-order valence-corrected chi connectivity index (χ4v) is 1.19. The second kappa shape index (κ2) is 4.04. The molecule has 2 rings (SSSR count). The van der Waals surface area contributed by atoms with Crippen LogP contribution in [0.15, 0.2) is 18.5 Å². The number of aryl methyl sites for hydroxylation is 1. The highest BCUT2D eigenvalue weighted by molar-refractivity contribution is 5.35. The molecule has 2 aromatic rings. The fourth-order valence-electron chi connectivity index (χ4n) is 1.19. The summed E-state index contributed by atoms with van der Waals surface area (Å²) in [6, 6.07) is 1.68. The van der Waals surface area contributed by atoms with Gasteiger partial charge in [-0.2, -0.15) is 14.5 Å². The molecule has 2 aromatic heterocycles. The van der Waals surface area contributed by atoms with Gasteiger partial charge in [0.1, 0.15) is 5.82 Å². The highest BCUT2D eigenvalue weighted by atomic mass is 19.1. The van der Waals surface area contributed by atoms with Gasteiger partial charge in [0.05, 0.1) is 6.20 Å². The Labute approximate surface area is 85.8 Å². The largest absolute Gasteiger partial charge is 0.366 e. The van der Waals surface area contributed by atoms with Crippen LogP contribution in [0, 0.1) is 13.0 Å². The van der Waals surface area contributed by atoms with Crippen LogP contribution in [0.5, 0.6) is 0 Å². The van der Waals surface area contributed by atoms with Crippen molar-refractivity contribution in [2.24, 2.45) is 0 Å². The maximum absolute atomic E-state index is 12.8. The molecule has 0 atom stereocenters. The van der Waals surface area contributed by atoms with Crippen LogP contribution in [0.3, 0.4) is 0 Å². The third-order valence-electron chi connectivity index (χ3n) is 1.86. The van der Waals surface area contributed by atoms with Crippen molar-refractivity contribution in [1.29, 1.82) is 0 Å². The number of anilines is 1. The van der Waals surface area contributed by atoms with Crippen molar-refractivity contribution in [2.75, 3.05) is 5.32 Å². The van der Waals surface area contributed by atoms with Gasteiger partial charge in [-0.1, -0.05) is 0 Å². The lowest BCUT2D eigenvalue weighted by molar-refractivity contribution is 0.536. The number of nitrogens with one attached hydrogen (secondary N) is 2. The van der Waals surface area contributed by atoms with Crippen molar-refractivity contribution in [2.45, 2.75) is 13.5 Å². The molecule has 78 valence electrons. The van der Waals surface area contributed by atoms with E-state index in [1.165, 1.54) is 0 Å². The average Bonchev–Trinajstić information content (AvgIpc) is 2.65. The molecule has 0 aliphatic rings. The molecule has 0 bridgehead atoms. The van der Waals surface area contributed by atoms with E-state index in [0.717, 1.165) is 5.56 Å². The summed E-state index contributed by atoms with van der Waals surface area (Å²) in [7, 11) is 0. The van der Waals surface area contributed by atoms with Gasteiger partial charge >= 0.3 is 6.08 Å². The molecule has 0 radical (unpaired) electrons. The third kappa shape index (κ3) is 2.49. The van der Waals surface area contributed by atoms with E-state index in [-0.39, 0.29) is 0 Å². The predicted molar refractivity (Wildman–Crippen MR) is 52.6 cm³/mol. The van der Waals surface area contributed by atoms with E-state index in [0.29, 0.717) is 18.1 Å². The van der Waals surface area contributed by atoms with E-state index in [1.807, 2.05) is 0 Å². The Balaban J connectivity index is 2.05. The summed E-state index contributed by atoms with van der Waals surface area (Å²) in [5.41, 5.74) is 1.57. The van der Waals surface area contributed by atoms with Crippen LogP contribution in [0.25, 0.3) is 0 Å². The van der Waals surface area contributed by atoms with E-state index in [2.05, 4.69) is 25.5 Å². The smallest absolute Gasteiger partial charge is 0.310 e. The summed E-state index contributed by atoms with van der Waals surface area (Å²) >= 11 is 0. The molecule has 2 N–H and O–H groups in total. The van der Waals surface area contributed by atoms with Gasteiger partial charge < -0.3 is 5.32 Å². The van der Waals surface area contributed by atoms with Crippen molar-refractivity contribution in [3.05, 3.63) is 35.8 Å². The Morgan fingerprint density at radius 3 is 3.00 bits per heavy atom. The average molecular weight is 207 g/mol. The fraction of sp³-hybridized carbons (Fsp3) is 0.222. The zero-order chi connectivity index (χ0) is 10.7. The molecule has 0 aliphatic heterocycles. The summed E-state index contributed by atoms with van der Waals surface area (Å²) in [5.74, 6) is 0.473. The summed E-state index contributed by atoms with van der Waals surface area (Å²) in [4.78, 5) is 7.16. The van der Waals surface area contributed by atoms with E-state index in [9.17, 15) is 4.39 Å². The second-order valence-electron chi connectivity index (χ2n) is 3.12. The molecular formula is C9H10FN5. The van der Waals surface area contributed by atoms with Crippen LogP contribution >= 0.6 is 0 Å². The van der Waals surface area contributed by atoms with Gasteiger partial charge in [0, 0.05) is 30.1 Å². The maximum Gasteiger partial charge on any atom is 0.310 e. The van der Waals surface area contributed by atoms with Crippen LogP contribution in [0.4, 0.5) is 10.2 Å². The van der Waals surface area contributed by atoms with Gasteiger partial charge in [0.25, 0.3) is 0 Å². The van der Waals surface area contributed by atoms with Crippen molar-refractivity contribution in [3.63, 3.8) is 0 Å². The normalized spacial score (nSPS) is 10.3. The third-order valence-corrected chi connectivity index (χ3v) is 1.86. The summed E-state index contributed by atoms with van der Waals surface area (Å²) in [6.07, 6.45) is 2.74. The second-order valence-corrected chi connectivity index (χ2v) is 3.12. The van der Waals surface area contributed by atoms with E-state index in [1.54, 1.807) is 25.4 Å². The summed E-state index contributed by atoms with van der Waals surface area (Å²) < 4.78 is 12.8. The molecular weight excluding hydrogens is 197 g/mol. The SMILES string of the molecule is Cc1cc(NCc2cn[nH]c2)nc(F)n1. The first-order chi connectivity index (χ1) is 7.24. The molecule has 5 nitrogen and oxygen atoms in total. The monoisotopic (exact) mass is 207 g/mol. The lowest BCUT2D eigenvalue weighted by atomic mass is 10.3. The Hall–Kier alpha value is -1.98. The molecule has 6 heteroatoms. The zero-order valence-corrected chi connectivity index (χ0v) is 8.16. The van der Waals surface area contributed by atoms with Crippen molar-refractivity contribution in [1.82, 2.24) is 20.2 Å². The Morgan fingerprint density at radius 2 is 2.33 bits per heavy atom. The minimum absolute atomic E-state index is 0.473. The topological polar surface area (TPSA) is 66.5 Å². The van der Waals surface area contributed by atoms with E-state index >= 15 is 0 Å². The standard InChI is InChI=1S/C9H10FN5/c1-6-2-8(15-9(10)14-6)11-3-7-4-12-13-5-7/h2,4-5H,3H2,1H3,(H,12,13)(H,11,14,15). The van der Waals surface area contributed by atoms with Gasteiger partial charge in [0.2, 0.25) is 0 Å². The van der Waals surface area contributed by atoms with Crippen molar-refractivity contribution >= 4 is 5.82 Å².